The SMILES string of the molecule is CC(C)Nc1ncnc2c1CCN(C(=O)c1cccc(C#N)c1)CC2. The first-order chi connectivity index (χ1) is 12.1. The summed E-state index contributed by atoms with van der Waals surface area (Å²) in [6.45, 7) is 5.37. The first kappa shape index (κ1) is 16.9. The van der Waals surface area contributed by atoms with Crippen LogP contribution in [-0.2, 0) is 12.8 Å². The van der Waals surface area contributed by atoms with Crippen molar-refractivity contribution < 1.29 is 4.79 Å². The van der Waals surface area contributed by atoms with Crippen LogP contribution in [0.2, 0.25) is 0 Å². The molecule has 2 heterocycles. The zero-order valence-corrected chi connectivity index (χ0v) is 14.5. The predicted molar refractivity (Wildman–Crippen MR) is 95.3 cm³/mol. The molecule has 1 aliphatic rings. The Kier molecular flexibility index (Phi) is 4.94. The van der Waals surface area contributed by atoms with Crippen molar-refractivity contribution in [3.63, 3.8) is 0 Å². The van der Waals surface area contributed by atoms with Crippen LogP contribution < -0.4 is 5.32 Å². The molecule has 1 aromatic heterocycles. The lowest BCUT2D eigenvalue weighted by molar-refractivity contribution is 0.0763. The molecule has 128 valence electrons. The van der Waals surface area contributed by atoms with Crippen LogP contribution in [0.4, 0.5) is 5.82 Å². The summed E-state index contributed by atoms with van der Waals surface area (Å²) in [6.07, 6.45) is 3.00. The lowest BCUT2D eigenvalue weighted by atomic mass is 10.1. The summed E-state index contributed by atoms with van der Waals surface area (Å²) in [5, 5.41) is 12.4. The van der Waals surface area contributed by atoms with E-state index >= 15 is 0 Å². The molecule has 0 atom stereocenters. The Labute approximate surface area is 147 Å². The molecule has 2 aromatic rings. The molecule has 25 heavy (non-hydrogen) atoms. The van der Waals surface area contributed by atoms with E-state index in [2.05, 4.69) is 35.2 Å². The topological polar surface area (TPSA) is 81.9 Å². The second-order valence-electron chi connectivity index (χ2n) is 6.43. The number of anilines is 1. The van der Waals surface area contributed by atoms with Crippen molar-refractivity contribution in [2.45, 2.75) is 32.7 Å². The number of hydrogen-bond donors (Lipinski definition) is 1. The lowest BCUT2D eigenvalue weighted by Gasteiger charge is -2.20. The third-order valence-corrected chi connectivity index (χ3v) is 4.24. The zero-order valence-electron chi connectivity index (χ0n) is 14.5. The molecular formula is C19H21N5O. The monoisotopic (exact) mass is 335 g/mol. The molecule has 0 unspecified atom stereocenters. The Bertz CT molecular complexity index is 825. The fraction of sp³-hybridized carbons (Fsp3) is 0.368. The molecular weight excluding hydrogens is 314 g/mol. The standard InChI is InChI=1S/C19H21N5O/c1-13(2)23-18-16-6-8-24(9-7-17(16)21-12-22-18)19(25)15-5-3-4-14(10-15)11-20/h3-5,10,12-13H,6-9H2,1-2H3,(H,21,22,23). The van der Waals surface area contributed by atoms with Gasteiger partial charge in [-0.2, -0.15) is 5.26 Å². The molecule has 0 aliphatic carbocycles. The third kappa shape index (κ3) is 3.77. The molecule has 6 nitrogen and oxygen atoms in total. The summed E-state index contributed by atoms with van der Waals surface area (Å²) in [5.41, 5.74) is 3.14. The Morgan fingerprint density at radius 1 is 1.28 bits per heavy atom. The Hall–Kier alpha value is -2.94. The van der Waals surface area contributed by atoms with Gasteiger partial charge in [0.15, 0.2) is 0 Å². The van der Waals surface area contributed by atoms with Gasteiger partial charge in [0.2, 0.25) is 0 Å². The van der Waals surface area contributed by atoms with E-state index in [1.807, 2.05) is 4.90 Å². The minimum Gasteiger partial charge on any atom is -0.368 e. The van der Waals surface area contributed by atoms with Crippen LogP contribution in [0.15, 0.2) is 30.6 Å². The van der Waals surface area contributed by atoms with Crippen molar-refractivity contribution in [1.82, 2.24) is 14.9 Å². The van der Waals surface area contributed by atoms with E-state index in [9.17, 15) is 4.79 Å². The largest absolute Gasteiger partial charge is 0.368 e. The van der Waals surface area contributed by atoms with E-state index in [0.29, 0.717) is 30.6 Å². The Balaban J connectivity index is 1.80. The van der Waals surface area contributed by atoms with E-state index in [1.54, 1.807) is 30.6 Å². The van der Waals surface area contributed by atoms with Gasteiger partial charge in [0.1, 0.15) is 12.1 Å². The van der Waals surface area contributed by atoms with E-state index in [4.69, 9.17) is 5.26 Å². The molecule has 6 heteroatoms. The van der Waals surface area contributed by atoms with Gasteiger partial charge in [0.25, 0.3) is 5.91 Å². The van der Waals surface area contributed by atoms with Crippen LogP contribution >= 0.6 is 0 Å². The van der Waals surface area contributed by atoms with Gasteiger partial charge in [-0.1, -0.05) is 6.07 Å². The molecule has 1 N–H and O–H groups in total. The summed E-state index contributed by atoms with van der Waals surface area (Å²) in [4.78, 5) is 23.4. The average Bonchev–Trinajstić information content (AvgIpc) is 2.84. The molecule has 0 saturated carbocycles. The second-order valence-corrected chi connectivity index (χ2v) is 6.43. The van der Waals surface area contributed by atoms with Crippen LogP contribution in [0.1, 0.15) is 41.0 Å². The number of nitriles is 1. The number of nitrogens with one attached hydrogen (secondary N) is 1. The zero-order chi connectivity index (χ0) is 17.8. The van der Waals surface area contributed by atoms with Crippen LogP contribution in [0.5, 0.6) is 0 Å². The predicted octanol–water partition coefficient (Wildman–Crippen LogP) is 2.41. The highest BCUT2D eigenvalue weighted by atomic mass is 16.2. The number of fused-ring (bicyclic) bond motifs is 1. The van der Waals surface area contributed by atoms with Crippen molar-refractivity contribution in [1.29, 1.82) is 5.26 Å². The Morgan fingerprint density at radius 3 is 2.84 bits per heavy atom. The minimum atomic E-state index is -0.0452. The fourth-order valence-corrected chi connectivity index (χ4v) is 3.03. The summed E-state index contributed by atoms with van der Waals surface area (Å²) in [6, 6.07) is 9.21. The molecule has 1 aromatic carbocycles. The number of aromatic nitrogens is 2. The van der Waals surface area contributed by atoms with Crippen molar-refractivity contribution in [2.24, 2.45) is 0 Å². The number of carbonyl (C=O) groups is 1. The van der Waals surface area contributed by atoms with Crippen LogP contribution in [-0.4, -0.2) is 39.9 Å². The maximum atomic E-state index is 12.8. The van der Waals surface area contributed by atoms with E-state index in [1.165, 1.54) is 0 Å². The summed E-state index contributed by atoms with van der Waals surface area (Å²) in [5.74, 6) is 0.817. The number of rotatable bonds is 3. The molecule has 0 fully saturated rings. The van der Waals surface area contributed by atoms with Gasteiger partial charge in [0.05, 0.1) is 17.3 Å². The summed E-state index contributed by atoms with van der Waals surface area (Å²) in [7, 11) is 0. The van der Waals surface area contributed by atoms with Crippen LogP contribution in [0, 0.1) is 11.3 Å². The molecule has 0 saturated heterocycles. The maximum absolute atomic E-state index is 12.8. The van der Waals surface area contributed by atoms with Gasteiger partial charge < -0.3 is 10.2 Å². The molecule has 0 bridgehead atoms. The first-order valence-corrected chi connectivity index (χ1v) is 8.47. The molecule has 1 amide bonds. The van der Waals surface area contributed by atoms with Gasteiger partial charge in [-0.05, 0) is 38.5 Å². The number of amides is 1. The molecule has 3 rings (SSSR count). The smallest absolute Gasteiger partial charge is 0.253 e. The highest BCUT2D eigenvalue weighted by molar-refractivity contribution is 5.94. The molecule has 0 radical (unpaired) electrons. The number of hydrogen-bond acceptors (Lipinski definition) is 5. The van der Waals surface area contributed by atoms with Crippen LogP contribution in [0.25, 0.3) is 0 Å². The van der Waals surface area contributed by atoms with Crippen molar-refractivity contribution >= 4 is 11.7 Å². The van der Waals surface area contributed by atoms with Gasteiger partial charge in [-0.25, -0.2) is 9.97 Å². The maximum Gasteiger partial charge on any atom is 0.253 e. The average molecular weight is 335 g/mol. The van der Waals surface area contributed by atoms with Gasteiger partial charge in [-0.3, -0.25) is 4.79 Å². The summed E-state index contributed by atoms with van der Waals surface area (Å²) < 4.78 is 0. The van der Waals surface area contributed by atoms with Gasteiger partial charge in [-0.15, -0.1) is 0 Å². The van der Waals surface area contributed by atoms with Crippen molar-refractivity contribution in [3.8, 4) is 6.07 Å². The highest BCUT2D eigenvalue weighted by Gasteiger charge is 2.22. The normalized spacial score (nSPS) is 13.8. The first-order valence-electron chi connectivity index (χ1n) is 8.47. The summed E-state index contributed by atoms with van der Waals surface area (Å²) >= 11 is 0. The fourth-order valence-electron chi connectivity index (χ4n) is 3.03. The van der Waals surface area contributed by atoms with E-state index < -0.39 is 0 Å². The van der Waals surface area contributed by atoms with E-state index in [0.717, 1.165) is 23.5 Å². The lowest BCUT2D eigenvalue weighted by Crippen LogP contribution is -2.33. The second kappa shape index (κ2) is 7.31. The quantitative estimate of drug-likeness (QED) is 0.931. The van der Waals surface area contributed by atoms with Crippen LogP contribution in [0.3, 0.4) is 0 Å². The molecule has 0 spiro atoms. The van der Waals surface area contributed by atoms with E-state index in [-0.39, 0.29) is 11.9 Å². The van der Waals surface area contributed by atoms with Crippen molar-refractivity contribution in [3.05, 3.63) is 53.0 Å². The number of carbonyl (C=O) groups excluding carboxylic acids is 1. The number of nitrogens with zero attached hydrogens (tertiary/aromatic N) is 4. The Morgan fingerprint density at radius 2 is 2.08 bits per heavy atom. The molecule has 1 aliphatic heterocycles. The van der Waals surface area contributed by atoms with Gasteiger partial charge in [0, 0.05) is 36.7 Å². The highest BCUT2D eigenvalue weighted by Crippen LogP contribution is 2.22. The number of benzene rings is 1. The van der Waals surface area contributed by atoms with Gasteiger partial charge >= 0.3 is 0 Å². The van der Waals surface area contributed by atoms with Crippen molar-refractivity contribution in [2.75, 3.05) is 18.4 Å². The minimum absolute atomic E-state index is 0.0452. The third-order valence-electron chi connectivity index (χ3n) is 4.24.